The second kappa shape index (κ2) is 6.11. The third-order valence-electron chi connectivity index (χ3n) is 2.52. The van der Waals surface area contributed by atoms with Crippen molar-refractivity contribution in [2.45, 2.75) is 4.90 Å². The lowest BCUT2D eigenvalue weighted by molar-refractivity contribution is -0.114. The number of carbonyl (C=O) groups is 1. The maximum absolute atomic E-state index is 11.9. The number of aryl methyl sites for hydroxylation is 1. The van der Waals surface area contributed by atoms with Crippen LogP contribution in [0.5, 0.6) is 0 Å². The SMILES string of the molecule is Cn1cc(S(=O)(=O)NC(=O)/C=C/c2ccc(Cl)cc2)cn1. The van der Waals surface area contributed by atoms with Gasteiger partial charge < -0.3 is 0 Å². The molecule has 1 aromatic heterocycles. The largest absolute Gasteiger partial charge is 0.274 e. The Hall–Kier alpha value is -2.12. The van der Waals surface area contributed by atoms with Gasteiger partial charge >= 0.3 is 0 Å². The topological polar surface area (TPSA) is 81.1 Å². The van der Waals surface area contributed by atoms with Gasteiger partial charge in [-0.3, -0.25) is 9.48 Å². The number of sulfonamides is 1. The predicted molar refractivity (Wildman–Crippen MR) is 79.0 cm³/mol. The zero-order chi connectivity index (χ0) is 15.5. The third-order valence-corrected chi connectivity index (χ3v) is 4.08. The van der Waals surface area contributed by atoms with E-state index in [1.807, 2.05) is 4.72 Å². The molecule has 0 unspecified atom stereocenters. The Labute approximate surface area is 127 Å². The van der Waals surface area contributed by atoms with Crippen molar-refractivity contribution < 1.29 is 13.2 Å². The smallest absolute Gasteiger partial charge is 0.267 e. The van der Waals surface area contributed by atoms with Crippen LogP contribution in [0.1, 0.15) is 5.56 Å². The number of rotatable bonds is 4. The first-order chi connectivity index (χ1) is 9.87. The molecular weight excluding hydrogens is 314 g/mol. The summed E-state index contributed by atoms with van der Waals surface area (Å²) in [5.74, 6) is -0.742. The highest BCUT2D eigenvalue weighted by molar-refractivity contribution is 7.90. The van der Waals surface area contributed by atoms with Crippen molar-refractivity contribution in [1.82, 2.24) is 14.5 Å². The Morgan fingerprint density at radius 3 is 2.57 bits per heavy atom. The summed E-state index contributed by atoms with van der Waals surface area (Å²) in [6, 6.07) is 6.76. The molecule has 6 nitrogen and oxygen atoms in total. The number of hydrogen-bond acceptors (Lipinski definition) is 4. The van der Waals surface area contributed by atoms with Gasteiger partial charge in [-0.2, -0.15) is 5.10 Å². The summed E-state index contributed by atoms with van der Waals surface area (Å²) in [6.07, 6.45) is 5.10. The zero-order valence-corrected chi connectivity index (χ0v) is 12.6. The van der Waals surface area contributed by atoms with Gasteiger partial charge in [-0.1, -0.05) is 23.7 Å². The van der Waals surface area contributed by atoms with Crippen LogP contribution in [0, 0.1) is 0 Å². The van der Waals surface area contributed by atoms with Crippen LogP contribution in [0.15, 0.2) is 47.6 Å². The monoisotopic (exact) mass is 325 g/mol. The van der Waals surface area contributed by atoms with E-state index in [9.17, 15) is 13.2 Å². The van der Waals surface area contributed by atoms with E-state index in [0.717, 1.165) is 11.6 Å². The normalized spacial score (nSPS) is 11.7. The number of nitrogens with one attached hydrogen (secondary N) is 1. The van der Waals surface area contributed by atoms with Crippen molar-refractivity contribution in [3.8, 4) is 0 Å². The van der Waals surface area contributed by atoms with Crippen molar-refractivity contribution >= 4 is 33.6 Å². The first kappa shape index (κ1) is 15.3. The summed E-state index contributed by atoms with van der Waals surface area (Å²) in [6.45, 7) is 0. The van der Waals surface area contributed by atoms with Gasteiger partial charge in [0.25, 0.3) is 15.9 Å². The van der Waals surface area contributed by atoms with Gasteiger partial charge in [0, 0.05) is 24.3 Å². The van der Waals surface area contributed by atoms with Gasteiger partial charge in [-0.15, -0.1) is 0 Å². The molecule has 1 aromatic carbocycles. The molecule has 0 atom stereocenters. The molecule has 0 saturated heterocycles. The molecule has 0 spiro atoms. The van der Waals surface area contributed by atoms with Gasteiger partial charge in [0.15, 0.2) is 0 Å². The Balaban J connectivity index is 2.06. The molecule has 0 aliphatic heterocycles. The highest BCUT2D eigenvalue weighted by atomic mass is 35.5. The van der Waals surface area contributed by atoms with Gasteiger partial charge in [0.1, 0.15) is 4.90 Å². The van der Waals surface area contributed by atoms with E-state index < -0.39 is 15.9 Å². The molecule has 21 heavy (non-hydrogen) atoms. The first-order valence-corrected chi connectivity index (χ1v) is 7.72. The molecule has 0 saturated carbocycles. The average Bonchev–Trinajstić information content (AvgIpc) is 2.85. The molecule has 1 amide bonds. The number of carbonyl (C=O) groups excluding carboxylic acids is 1. The van der Waals surface area contributed by atoms with E-state index in [1.165, 1.54) is 23.2 Å². The summed E-state index contributed by atoms with van der Waals surface area (Å²) < 4.78 is 27.0. The Bertz CT molecular complexity index is 779. The fraction of sp³-hybridized carbons (Fsp3) is 0.0769. The highest BCUT2D eigenvalue weighted by Crippen LogP contribution is 2.11. The van der Waals surface area contributed by atoms with Crippen molar-refractivity contribution in [2.75, 3.05) is 0 Å². The number of benzene rings is 1. The summed E-state index contributed by atoms with van der Waals surface area (Å²) >= 11 is 5.74. The van der Waals surface area contributed by atoms with Crippen LogP contribution in [0.25, 0.3) is 6.08 Å². The molecule has 0 bridgehead atoms. The molecule has 0 aliphatic rings. The lowest BCUT2D eigenvalue weighted by Crippen LogP contribution is -2.28. The Kier molecular flexibility index (Phi) is 4.44. The van der Waals surface area contributed by atoms with Crippen molar-refractivity contribution in [2.24, 2.45) is 7.05 Å². The summed E-state index contributed by atoms with van der Waals surface area (Å²) in [7, 11) is -2.32. The number of amides is 1. The minimum atomic E-state index is -3.91. The molecular formula is C13H12ClN3O3S. The average molecular weight is 326 g/mol. The zero-order valence-electron chi connectivity index (χ0n) is 11.0. The van der Waals surface area contributed by atoms with Gasteiger partial charge in [-0.05, 0) is 23.8 Å². The highest BCUT2D eigenvalue weighted by Gasteiger charge is 2.17. The molecule has 2 rings (SSSR count). The standard InChI is InChI=1S/C13H12ClN3O3S/c1-17-9-12(8-15-17)21(19,20)16-13(18)7-4-10-2-5-11(14)6-3-10/h2-9H,1H3,(H,16,18)/b7-4+. The molecule has 0 fully saturated rings. The second-order valence-corrected chi connectivity index (χ2v) is 6.32. The van der Waals surface area contributed by atoms with E-state index in [1.54, 1.807) is 31.3 Å². The van der Waals surface area contributed by atoms with Crippen LogP contribution in [-0.4, -0.2) is 24.1 Å². The molecule has 0 radical (unpaired) electrons. The van der Waals surface area contributed by atoms with Crippen LogP contribution in [0.2, 0.25) is 5.02 Å². The van der Waals surface area contributed by atoms with Gasteiger partial charge in [0.05, 0.1) is 6.20 Å². The Morgan fingerprint density at radius 1 is 1.33 bits per heavy atom. The van der Waals surface area contributed by atoms with Crippen LogP contribution in [-0.2, 0) is 21.9 Å². The third kappa shape index (κ3) is 4.17. The van der Waals surface area contributed by atoms with E-state index in [0.29, 0.717) is 5.02 Å². The number of halogens is 1. The van der Waals surface area contributed by atoms with Crippen molar-refractivity contribution in [3.05, 3.63) is 53.3 Å². The molecule has 8 heteroatoms. The lowest BCUT2D eigenvalue weighted by atomic mass is 10.2. The quantitative estimate of drug-likeness (QED) is 0.866. The fourth-order valence-electron chi connectivity index (χ4n) is 1.51. The van der Waals surface area contributed by atoms with Crippen LogP contribution in [0.4, 0.5) is 0 Å². The number of nitrogens with zero attached hydrogens (tertiary/aromatic N) is 2. The Morgan fingerprint density at radius 2 is 2.00 bits per heavy atom. The summed E-state index contributed by atoms with van der Waals surface area (Å²) in [5.41, 5.74) is 0.730. The predicted octanol–water partition coefficient (Wildman–Crippen LogP) is 1.59. The summed E-state index contributed by atoms with van der Waals surface area (Å²) in [5, 5.41) is 4.33. The van der Waals surface area contributed by atoms with Crippen LogP contribution < -0.4 is 4.72 Å². The molecule has 110 valence electrons. The summed E-state index contributed by atoms with van der Waals surface area (Å²) in [4.78, 5) is 11.6. The maximum Gasteiger partial charge on any atom is 0.267 e. The number of aromatic nitrogens is 2. The lowest BCUT2D eigenvalue weighted by Gasteiger charge is -2.01. The van der Waals surface area contributed by atoms with Crippen LogP contribution >= 0.6 is 11.6 Å². The van der Waals surface area contributed by atoms with Gasteiger partial charge in [-0.25, -0.2) is 13.1 Å². The molecule has 1 heterocycles. The molecule has 2 aromatic rings. The maximum atomic E-state index is 11.9. The van der Waals surface area contributed by atoms with Crippen molar-refractivity contribution in [1.29, 1.82) is 0 Å². The van der Waals surface area contributed by atoms with Crippen molar-refractivity contribution in [3.63, 3.8) is 0 Å². The van der Waals surface area contributed by atoms with E-state index in [-0.39, 0.29) is 4.90 Å². The number of hydrogen-bond donors (Lipinski definition) is 1. The molecule has 0 aliphatic carbocycles. The van der Waals surface area contributed by atoms with E-state index in [4.69, 9.17) is 11.6 Å². The van der Waals surface area contributed by atoms with E-state index in [2.05, 4.69) is 5.10 Å². The van der Waals surface area contributed by atoms with Crippen LogP contribution in [0.3, 0.4) is 0 Å². The first-order valence-electron chi connectivity index (χ1n) is 5.86. The second-order valence-electron chi connectivity index (χ2n) is 4.20. The molecule has 1 N–H and O–H groups in total. The van der Waals surface area contributed by atoms with E-state index >= 15 is 0 Å². The minimum Gasteiger partial charge on any atom is -0.274 e. The fourth-order valence-corrected chi connectivity index (χ4v) is 2.56. The minimum absolute atomic E-state index is 0.0711. The van der Waals surface area contributed by atoms with Gasteiger partial charge in [0.2, 0.25) is 0 Å².